The number of benzene rings is 2. The van der Waals surface area contributed by atoms with E-state index in [0.717, 1.165) is 51.7 Å². The van der Waals surface area contributed by atoms with Gasteiger partial charge in [-0.2, -0.15) is 0 Å². The van der Waals surface area contributed by atoms with E-state index in [1.54, 1.807) is 6.92 Å². The van der Waals surface area contributed by atoms with E-state index in [1.165, 1.54) is 5.56 Å². The standard InChI is InChI=1S/C28H37N3O3/c1-23(32)30-17-9-8-15-28(16-10-18-31(28)21-24-11-4-3-5-12-24)22-29(2)27(33)25-13-6-7-14-26(25)34-20-19-30/h3-7,11-14H,8-10,15-22H2,1-2H3/t28-/m1/s1. The molecule has 2 aromatic rings. The normalized spacial score (nSPS) is 22.8. The zero-order valence-corrected chi connectivity index (χ0v) is 20.5. The van der Waals surface area contributed by atoms with Gasteiger partial charge in [0.05, 0.1) is 12.1 Å². The van der Waals surface area contributed by atoms with E-state index in [0.29, 0.717) is 31.0 Å². The average molecular weight is 464 g/mol. The van der Waals surface area contributed by atoms with Crippen molar-refractivity contribution in [1.82, 2.24) is 14.7 Å². The molecular formula is C28H37N3O3. The van der Waals surface area contributed by atoms with Gasteiger partial charge in [0.2, 0.25) is 5.91 Å². The maximum Gasteiger partial charge on any atom is 0.257 e. The number of likely N-dealkylation sites (N-methyl/N-ethyl adjacent to an activating group) is 1. The number of likely N-dealkylation sites (tertiary alicyclic amines) is 1. The topological polar surface area (TPSA) is 53.1 Å². The monoisotopic (exact) mass is 463 g/mol. The fraction of sp³-hybridized carbons (Fsp3) is 0.500. The first-order valence-corrected chi connectivity index (χ1v) is 12.5. The van der Waals surface area contributed by atoms with Crippen molar-refractivity contribution >= 4 is 11.8 Å². The fourth-order valence-corrected chi connectivity index (χ4v) is 5.52. The predicted octanol–water partition coefficient (Wildman–Crippen LogP) is 4.20. The molecule has 0 aliphatic carbocycles. The van der Waals surface area contributed by atoms with Gasteiger partial charge >= 0.3 is 0 Å². The van der Waals surface area contributed by atoms with Gasteiger partial charge in [0.25, 0.3) is 5.91 Å². The average Bonchev–Trinajstić information content (AvgIpc) is 3.22. The zero-order valence-electron chi connectivity index (χ0n) is 20.5. The SMILES string of the molecule is CC(=O)N1CCCC[C@@]2(CCCN2Cc2ccccc2)CN(C)C(=O)c2ccccc2OCC1. The molecule has 0 aromatic heterocycles. The third kappa shape index (κ3) is 5.61. The lowest BCUT2D eigenvalue weighted by molar-refractivity contribution is -0.129. The number of ether oxygens (including phenoxy) is 1. The van der Waals surface area contributed by atoms with E-state index in [-0.39, 0.29) is 17.4 Å². The fourth-order valence-electron chi connectivity index (χ4n) is 5.52. The Hall–Kier alpha value is -2.86. The highest BCUT2D eigenvalue weighted by molar-refractivity contribution is 5.96. The minimum atomic E-state index is -0.0682. The maximum atomic E-state index is 13.5. The van der Waals surface area contributed by atoms with Crippen molar-refractivity contribution in [3.8, 4) is 5.75 Å². The van der Waals surface area contributed by atoms with Gasteiger partial charge in [0.15, 0.2) is 0 Å². The summed E-state index contributed by atoms with van der Waals surface area (Å²) in [7, 11) is 1.92. The van der Waals surface area contributed by atoms with Crippen molar-refractivity contribution in [3.05, 3.63) is 65.7 Å². The number of amides is 2. The van der Waals surface area contributed by atoms with E-state index in [4.69, 9.17) is 4.74 Å². The summed E-state index contributed by atoms with van der Waals surface area (Å²) in [6, 6.07) is 18.1. The van der Waals surface area contributed by atoms with E-state index < -0.39 is 0 Å². The van der Waals surface area contributed by atoms with Crippen LogP contribution in [0.3, 0.4) is 0 Å². The molecule has 1 saturated heterocycles. The van der Waals surface area contributed by atoms with Gasteiger partial charge in [-0.1, -0.05) is 42.5 Å². The second-order valence-corrected chi connectivity index (χ2v) is 9.70. The van der Waals surface area contributed by atoms with E-state index in [2.05, 4.69) is 35.2 Å². The third-order valence-electron chi connectivity index (χ3n) is 7.34. The molecule has 0 unspecified atom stereocenters. The molecule has 1 atom stereocenters. The summed E-state index contributed by atoms with van der Waals surface area (Å²) in [5, 5.41) is 0. The van der Waals surface area contributed by atoms with Crippen molar-refractivity contribution in [2.24, 2.45) is 0 Å². The highest BCUT2D eigenvalue weighted by Gasteiger charge is 2.42. The molecule has 2 amide bonds. The summed E-state index contributed by atoms with van der Waals surface area (Å²) in [5.74, 6) is 0.643. The van der Waals surface area contributed by atoms with Crippen LogP contribution in [0.5, 0.6) is 5.75 Å². The van der Waals surface area contributed by atoms with Crippen molar-refractivity contribution in [2.75, 3.05) is 39.8 Å². The quantitative estimate of drug-likeness (QED) is 0.670. The molecular weight excluding hydrogens is 426 g/mol. The first-order chi connectivity index (χ1) is 16.5. The van der Waals surface area contributed by atoms with Gasteiger partial charge in [-0.3, -0.25) is 14.5 Å². The van der Waals surface area contributed by atoms with E-state index in [1.807, 2.05) is 41.1 Å². The van der Waals surface area contributed by atoms with Crippen LogP contribution >= 0.6 is 0 Å². The summed E-state index contributed by atoms with van der Waals surface area (Å²) in [6.07, 6.45) is 5.20. The Kier molecular flexibility index (Phi) is 7.88. The van der Waals surface area contributed by atoms with Crippen molar-refractivity contribution in [1.29, 1.82) is 0 Å². The molecule has 182 valence electrons. The lowest BCUT2D eigenvalue weighted by atomic mass is 9.88. The van der Waals surface area contributed by atoms with Crippen LogP contribution in [0.4, 0.5) is 0 Å². The Morgan fingerprint density at radius 1 is 0.941 bits per heavy atom. The molecule has 6 heteroatoms. The molecule has 0 N–H and O–H groups in total. The minimum Gasteiger partial charge on any atom is -0.491 e. The molecule has 1 spiro atoms. The summed E-state index contributed by atoms with van der Waals surface area (Å²) in [4.78, 5) is 32.1. The number of para-hydroxylation sites is 1. The molecule has 4 rings (SSSR count). The molecule has 2 aliphatic heterocycles. The molecule has 0 saturated carbocycles. The molecule has 1 fully saturated rings. The van der Waals surface area contributed by atoms with Crippen LogP contribution in [-0.4, -0.2) is 71.9 Å². The van der Waals surface area contributed by atoms with Gasteiger partial charge in [-0.25, -0.2) is 0 Å². The molecule has 2 aliphatic rings. The molecule has 0 radical (unpaired) electrons. The van der Waals surface area contributed by atoms with Crippen LogP contribution < -0.4 is 4.74 Å². The Labute approximate surface area is 203 Å². The number of carbonyl (C=O) groups excluding carboxylic acids is 2. The van der Waals surface area contributed by atoms with E-state index >= 15 is 0 Å². The summed E-state index contributed by atoms with van der Waals surface area (Å²) in [5.41, 5.74) is 1.82. The van der Waals surface area contributed by atoms with Gasteiger partial charge in [-0.15, -0.1) is 0 Å². The van der Waals surface area contributed by atoms with Gasteiger partial charge < -0.3 is 14.5 Å². The predicted molar refractivity (Wildman–Crippen MR) is 134 cm³/mol. The minimum absolute atomic E-state index is 0.0120. The molecule has 2 heterocycles. The Balaban J connectivity index is 1.62. The number of hydrogen-bond acceptors (Lipinski definition) is 4. The summed E-state index contributed by atoms with van der Waals surface area (Å²) >= 11 is 0. The lowest BCUT2D eigenvalue weighted by Gasteiger charge is -2.42. The molecule has 2 aromatic carbocycles. The Morgan fingerprint density at radius 2 is 1.68 bits per heavy atom. The van der Waals surface area contributed by atoms with Crippen LogP contribution in [0.2, 0.25) is 0 Å². The van der Waals surface area contributed by atoms with Crippen molar-refractivity contribution in [2.45, 2.75) is 51.1 Å². The van der Waals surface area contributed by atoms with Crippen LogP contribution in [0.25, 0.3) is 0 Å². The molecule has 34 heavy (non-hydrogen) atoms. The maximum absolute atomic E-state index is 13.5. The largest absolute Gasteiger partial charge is 0.491 e. The van der Waals surface area contributed by atoms with Crippen LogP contribution in [0, 0.1) is 0 Å². The third-order valence-corrected chi connectivity index (χ3v) is 7.34. The Morgan fingerprint density at radius 3 is 2.47 bits per heavy atom. The summed E-state index contributed by atoms with van der Waals surface area (Å²) in [6.45, 7) is 5.88. The highest BCUT2D eigenvalue weighted by atomic mass is 16.5. The number of hydrogen-bond donors (Lipinski definition) is 0. The van der Waals surface area contributed by atoms with Crippen molar-refractivity contribution < 1.29 is 14.3 Å². The second kappa shape index (κ2) is 11.0. The lowest BCUT2D eigenvalue weighted by Crippen LogP contribution is -2.52. The highest BCUT2D eigenvalue weighted by Crippen LogP contribution is 2.37. The zero-order chi connectivity index (χ0) is 24.0. The van der Waals surface area contributed by atoms with Crippen LogP contribution in [0.1, 0.15) is 54.9 Å². The number of rotatable bonds is 2. The molecule has 0 bridgehead atoms. The van der Waals surface area contributed by atoms with E-state index in [9.17, 15) is 9.59 Å². The van der Waals surface area contributed by atoms with Gasteiger partial charge in [-0.05, 0) is 56.3 Å². The first kappa shape index (κ1) is 24.3. The van der Waals surface area contributed by atoms with Crippen LogP contribution in [0.15, 0.2) is 54.6 Å². The number of nitrogens with zero attached hydrogens (tertiary/aromatic N) is 3. The van der Waals surface area contributed by atoms with Gasteiger partial charge in [0.1, 0.15) is 12.4 Å². The summed E-state index contributed by atoms with van der Waals surface area (Å²) < 4.78 is 6.00. The Bertz CT molecular complexity index is 980. The van der Waals surface area contributed by atoms with Crippen molar-refractivity contribution in [3.63, 3.8) is 0 Å². The first-order valence-electron chi connectivity index (χ1n) is 12.5. The molecule has 6 nitrogen and oxygen atoms in total. The van der Waals surface area contributed by atoms with Gasteiger partial charge in [0, 0.05) is 39.1 Å². The van der Waals surface area contributed by atoms with Crippen LogP contribution in [-0.2, 0) is 11.3 Å². The second-order valence-electron chi connectivity index (χ2n) is 9.70. The number of fused-ring (bicyclic) bond motifs is 1. The smallest absolute Gasteiger partial charge is 0.257 e. The number of carbonyl (C=O) groups is 2.